The third-order valence-corrected chi connectivity index (χ3v) is 7.40. The molecule has 3 heterocycles. The number of piperidine rings is 1. The number of amides is 2. The normalized spacial score (nSPS) is 19.3. The Kier molecular flexibility index (Phi) is 6.44. The third kappa shape index (κ3) is 4.74. The molecule has 0 N–H and O–H groups in total. The van der Waals surface area contributed by atoms with Crippen LogP contribution in [-0.4, -0.2) is 73.0 Å². The van der Waals surface area contributed by atoms with Gasteiger partial charge in [-0.1, -0.05) is 6.07 Å². The first-order valence-corrected chi connectivity index (χ1v) is 12.5. The lowest BCUT2D eigenvalue weighted by molar-refractivity contribution is -0.133. The molecule has 1 aliphatic carbocycles. The summed E-state index contributed by atoms with van der Waals surface area (Å²) in [5, 5.41) is 0. The molecule has 1 saturated carbocycles. The molecule has 7 heteroatoms. The predicted octanol–water partition coefficient (Wildman–Crippen LogP) is 3.48. The van der Waals surface area contributed by atoms with E-state index in [1.807, 2.05) is 47.1 Å². The molecule has 2 saturated heterocycles. The van der Waals surface area contributed by atoms with Crippen molar-refractivity contribution in [1.29, 1.82) is 0 Å². The Balaban J connectivity index is 1.25. The van der Waals surface area contributed by atoms with Gasteiger partial charge in [0, 0.05) is 68.6 Å². The Morgan fingerprint density at radius 1 is 0.912 bits per heavy atom. The van der Waals surface area contributed by atoms with Crippen LogP contribution < -0.4 is 9.64 Å². The molecular weight excluding hydrogens is 428 g/mol. The number of hydrogen-bond acceptors (Lipinski definition) is 5. The lowest BCUT2D eigenvalue weighted by atomic mass is 9.89. The second-order valence-electron chi connectivity index (χ2n) is 9.74. The van der Waals surface area contributed by atoms with Gasteiger partial charge >= 0.3 is 0 Å². The Morgan fingerprint density at radius 2 is 1.65 bits per heavy atom. The van der Waals surface area contributed by atoms with Gasteiger partial charge < -0.3 is 19.4 Å². The predicted molar refractivity (Wildman–Crippen MR) is 131 cm³/mol. The van der Waals surface area contributed by atoms with Crippen molar-refractivity contribution in [3.63, 3.8) is 0 Å². The summed E-state index contributed by atoms with van der Waals surface area (Å²) in [6.07, 6.45) is 3.83. The van der Waals surface area contributed by atoms with E-state index < -0.39 is 0 Å². The smallest absolute Gasteiger partial charge is 0.255 e. The van der Waals surface area contributed by atoms with Crippen LogP contribution in [0.15, 0.2) is 36.4 Å². The van der Waals surface area contributed by atoms with Gasteiger partial charge in [-0.2, -0.15) is 0 Å². The summed E-state index contributed by atoms with van der Waals surface area (Å²) in [6, 6.07) is 12.0. The van der Waals surface area contributed by atoms with E-state index in [2.05, 4.69) is 11.0 Å². The Morgan fingerprint density at radius 3 is 2.32 bits per heavy atom. The molecule has 2 aromatic rings. The molecule has 2 amide bonds. The van der Waals surface area contributed by atoms with Crippen molar-refractivity contribution in [3.05, 3.63) is 53.3 Å². The van der Waals surface area contributed by atoms with Crippen molar-refractivity contribution in [2.75, 3.05) is 51.3 Å². The van der Waals surface area contributed by atoms with Crippen molar-refractivity contribution < 1.29 is 14.3 Å². The van der Waals surface area contributed by atoms with Crippen LogP contribution in [0.4, 0.5) is 5.69 Å². The fourth-order valence-electron chi connectivity index (χ4n) is 5.18. The van der Waals surface area contributed by atoms with Crippen LogP contribution in [-0.2, 0) is 4.79 Å². The summed E-state index contributed by atoms with van der Waals surface area (Å²) >= 11 is 0. The van der Waals surface area contributed by atoms with E-state index in [0.29, 0.717) is 19.0 Å². The molecule has 7 nitrogen and oxygen atoms in total. The largest absolute Gasteiger partial charge is 0.497 e. The van der Waals surface area contributed by atoms with E-state index in [1.54, 1.807) is 7.11 Å². The fraction of sp³-hybridized carbons (Fsp3) is 0.519. The van der Waals surface area contributed by atoms with Crippen molar-refractivity contribution in [2.24, 2.45) is 5.92 Å². The molecule has 0 atom stereocenters. The van der Waals surface area contributed by atoms with Crippen LogP contribution in [0.1, 0.15) is 53.3 Å². The van der Waals surface area contributed by atoms with Gasteiger partial charge in [0.25, 0.3) is 5.91 Å². The highest BCUT2D eigenvalue weighted by atomic mass is 16.5. The van der Waals surface area contributed by atoms with Crippen LogP contribution in [0, 0.1) is 12.8 Å². The number of rotatable bonds is 5. The number of carbonyl (C=O) groups is 2. The Hall–Kier alpha value is -3.09. The molecule has 3 fully saturated rings. The molecule has 2 aliphatic heterocycles. The van der Waals surface area contributed by atoms with Crippen molar-refractivity contribution in [2.45, 2.75) is 38.5 Å². The minimum absolute atomic E-state index is 0.0734. The molecule has 1 aromatic carbocycles. The molecule has 180 valence electrons. The van der Waals surface area contributed by atoms with Gasteiger partial charge in [-0.05, 0) is 56.9 Å². The zero-order chi connectivity index (χ0) is 23.7. The number of hydrogen-bond donors (Lipinski definition) is 0. The molecule has 1 aromatic heterocycles. The second kappa shape index (κ2) is 9.65. The average molecular weight is 463 g/mol. The third-order valence-electron chi connectivity index (χ3n) is 7.40. The highest BCUT2D eigenvalue weighted by molar-refractivity contribution is 5.95. The maximum Gasteiger partial charge on any atom is 0.255 e. The second-order valence-corrected chi connectivity index (χ2v) is 9.74. The minimum atomic E-state index is 0.0734. The van der Waals surface area contributed by atoms with E-state index in [0.717, 1.165) is 80.3 Å². The minimum Gasteiger partial charge on any atom is -0.497 e. The molecule has 3 aliphatic rings. The molecule has 0 spiro atoms. The van der Waals surface area contributed by atoms with E-state index in [-0.39, 0.29) is 17.7 Å². The van der Waals surface area contributed by atoms with E-state index in [9.17, 15) is 9.59 Å². The molecule has 0 radical (unpaired) electrons. The SMILES string of the molecule is COc1cccc(N2CCN(C(=O)c3ccc(C)nc3C3CCN(C(=O)C4CC4)CC3)CC2)c1. The molecular formula is C27H34N4O3. The van der Waals surface area contributed by atoms with Crippen LogP contribution in [0.2, 0.25) is 0 Å². The van der Waals surface area contributed by atoms with Crippen LogP contribution in [0.25, 0.3) is 0 Å². The maximum absolute atomic E-state index is 13.6. The van der Waals surface area contributed by atoms with E-state index in [1.165, 1.54) is 0 Å². The van der Waals surface area contributed by atoms with Crippen molar-refractivity contribution in [3.8, 4) is 5.75 Å². The molecule has 0 unspecified atom stereocenters. The molecule has 34 heavy (non-hydrogen) atoms. The monoisotopic (exact) mass is 462 g/mol. The number of methoxy groups -OCH3 is 1. The first-order valence-electron chi connectivity index (χ1n) is 12.5. The standard InChI is InChI=1S/C27H34N4O3/c1-19-6-9-24(25(28-19)20-10-12-30(13-11-20)26(32)21-7-8-21)27(33)31-16-14-29(15-17-31)22-4-3-5-23(18-22)34-2/h3-6,9,18,20-21H,7-8,10-17H2,1-2H3. The van der Waals surface area contributed by atoms with Crippen LogP contribution in [0.3, 0.4) is 0 Å². The number of aryl methyl sites for hydroxylation is 1. The number of anilines is 1. The summed E-state index contributed by atoms with van der Waals surface area (Å²) in [7, 11) is 1.68. The number of likely N-dealkylation sites (tertiary alicyclic amines) is 1. The topological polar surface area (TPSA) is 66.0 Å². The highest BCUT2D eigenvalue weighted by Crippen LogP contribution is 2.35. The zero-order valence-corrected chi connectivity index (χ0v) is 20.2. The van der Waals surface area contributed by atoms with Gasteiger partial charge in [-0.3, -0.25) is 14.6 Å². The Labute approximate surface area is 201 Å². The number of piperazine rings is 1. The summed E-state index contributed by atoms with van der Waals surface area (Å²) < 4.78 is 5.36. The Bertz CT molecular complexity index is 1050. The van der Waals surface area contributed by atoms with Crippen LogP contribution >= 0.6 is 0 Å². The number of ether oxygens (including phenoxy) is 1. The zero-order valence-electron chi connectivity index (χ0n) is 20.2. The van der Waals surface area contributed by atoms with Gasteiger partial charge in [0.05, 0.1) is 18.4 Å². The van der Waals surface area contributed by atoms with Gasteiger partial charge in [-0.15, -0.1) is 0 Å². The van der Waals surface area contributed by atoms with Crippen LogP contribution in [0.5, 0.6) is 5.75 Å². The summed E-state index contributed by atoms with van der Waals surface area (Å²) in [4.78, 5) is 37.1. The summed E-state index contributed by atoms with van der Waals surface area (Å²) in [5.74, 6) is 1.72. The van der Waals surface area contributed by atoms with Gasteiger partial charge in [0.1, 0.15) is 5.75 Å². The quantitative estimate of drug-likeness (QED) is 0.681. The van der Waals surface area contributed by atoms with Crippen molar-refractivity contribution in [1.82, 2.24) is 14.8 Å². The number of pyridine rings is 1. The van der Waals surface area contributed by atoms with Crippen molar-refractivity contribution >= 4 is 17.5 Å². The lowest BCUT2D eigenvalue weighted by Gasteiger charge is -2.37. The van der Waals surface area contributed by atoms with Gasteiger partial charge in [0.2, 0.25) is 5.91 Å². The fourth-order valence-corrected chi connectivity index (χ4v) is 5.18. The first-order chi connectivity index (χ1) is 16.5. The highest BCUT2D eigenvalue weighted by Gasteiger charge is 2.36. The number of aromatic nitrogens is 1. The number of benzene rings is 1. The van der Waals surface area contributed by atoms with E-state index in [4.69, 9.17) is 9.72 Å². The number of carbonyl (C=O) groups excluding carboxylic acids is 2. The maximum atomic E-state index is 13.6. The molecule has 0 bridgehead atoms. The number of nitrogens with zero attached hydrogens (tertiary/aromatic N) is 4. The summed E-state index contributed by atoms with van der Waals surface area (Å²) in [5.41, 5.74) is 3.70. The first kappa shape index (κ1) is 22.7. The van der Waals surface area contributed by atoms with E-state index >= 15 is 0 Å². The molecule has 5 rings (SSSR count). The average Bonchev–Trinajstić information content (AvgIpc) is 3.74. The van der Waals surface area contributed by atoms with Gasteiger partial charge in [0.15, 0.2) is 0 Å². The van der Waals surface area contributed by atoms with Gasteiger partial charge in [-0.25, -0.2) is 0 Å². The summed E-state index contributed by atoms with van der Waals surface area (Å²) in [6.45, 7) is 6.45. The lowest BCUT2D eigenvalue weighted by Crippen LogP contribution is -2.49.